The molecule has 0 radical (unpaired) electrons. The van der Waals surface area contributed by atoms with E-state index in [4.69, 9.17) is 4.74 Å². The molecule has 2 heterocycles. The van der Waals surface area contributed by atoms with Gasteiger partial charge in [-0.2, -0.15) is 0 Å². The van der Waals surface area contributed by atoms with Crippen LogP contribution in [0.5, 0.6) is 0 Å². The molecule has 2 atom stereocenters. The van der Waals surface area contributed by atoms with Gasteiger partial charge in [-0.1, -0.05) is 24.3 Å². The quantitative estimate of drug-likeness (QED) is 0.888. The molecule has 0 aliphatic carbocycles. The maximum Gasteiger partial charge on any atom is 0.261 e. The van der Waals surface area contributed by atoms with Crippen molar-refractivity contribution in [2.24, 2.45) is 0 Å². The number of amides is 1. The van der Waals surface area contributed by atoms with Crippen LogP contribution in [0.2, 0.25) is 0 Å². The van der Waals surface area contributed by atoms with E-state index in [0.29, 0.717) is 6.54 Å². The van der Waals surface area contributed by atoms with Crippen LogP contribution in [0.3, 0.4) is 0 Å². The van der Waals surface area contributed by atoms with Gasteiger partial charge in [0.2, 0.25) is 0 Å². The summed E-state index contributed by atoms with van der Waals surface area (Å²) in [5.74, 6) is 0.00141. The number of benzene rings is 1. The topological polar surface area (TPSA) is 41.6 Å². The second kappa shape index (κ2) is 8.13. The minimum atomic E-state index is 0.00141. The Hall–Kier alpha value is -1.69. The van der Waals surface area contributed by atoms with Crippen molar-refractivity contribution in [1.82, 2.24) is 10.2 Å². The molecule has 1 saturated heterocycles. The van der Waals surface area contributed by atoms with Crippen LogP contribution >= 0.6 is 11.3 Å². The molecule has 0 saturated carbocycles. The lowest BCUT2D eigenvalue weighted by molar-refractivity contribution is -0.0705. The molecular formula is C20H26N2O2S. The Bertz CT molecular complexity index is 718. The number of ether oxygens (including phenoxy) is 1. The van der Waals surface area contributed by atoms with E-state index in [9.17, 15) is 4.79 Å². The highest BCUT2D eigenvalue weighted by molar-refractivity contribution is 7.13. The summed E-state index contributed by atoms with van der Waals surface area (Å²) in [6.45, 7) is 9.60. The minimum absolute atomic E-state index is 0.00141. The van der Waals surface area contributed by atoms with Crippen LogP contribution in [0, 0.1) is 6.92 Å². The molecule has 1 aliphatic heterocycles. The second-order valence-electron chi connectivity index (χ2n) is 6.81. The van der Waals surface area contributed by atoms with Gasteiger partial charge in [-0.05, 0) is 44.0 Å². The first kappa shape index (κ1) is 18.1. The van der Waals surface area contributed by atoms with E-state index in [1.807, 2.05) is 25.1 Å². The van der Waals surface area contributed by atoms with E-state index < -0.39 is 0 Å². The number of carbonyl (C=O) groups is 1. The number of carbonyl (C=O) groups excluding carboxylic acids is 1. The fourth-order valence-corrected chi connectivity index (χ4v) is 4.14. The maximum absolute atomic E-state index is 12.3. The zero-order valence-electron chi connectivity index (χ0n) is 15.1. The number of thiophene rings is 1. The third kappa shape index (κ3) is 4.91. The average Bonchev–Trinajstić information content (AvgIpc) is 2.99. The SMILES string of the molecule is Cc1ccc(C(=O)NCc2ccccc2CN2CC(C)OC(C)C2)s1. The summed E-state index contributed by atoms with van der Waals surface area (Å²) in [4.78, 5) is 16.6. The van der Waals surface area contributed by atoms with Crippen molar-refractivity contribution in [2.45, 2.75) is 46.1 Å². The molecule has 2 aromatic rings. The molecule has 1 N–H and O–H groups in total. The first-order valence-electron chi connectivity index (χ1n) is 8.80. The molecule has 5 heteroatoms. The van der Waals surface area contributed by atoms with Gasteiger partial charge < -0.3 is 10.1 Å². The fraction of sp³-hybridized carbons (Fsp3) is 0.450. The summed E-state index contributed by atoms with van der Waals surface area (Å²) in [5.41, 5.74) is 2.45. The molecular weight excluding hydrogens is 332 g/mol. The van der Waals surface area contributed by atoms with E-state index in [1.165, 1.54) is 22.5 Å². The Morgan fingerprint density at radius 1 is 1.16 bits per heavy atom. The molecule has 4 nitrogen and oxygen atoms in total. The van der Waals surface area contributed by atoms with Crippen molar-refractivity contribution in [3.05, 3.63) is 57.3 Å². The smallest absolute Gasteiger partial charge is 0.261 e. The Kier molecular flexibility index (Phi) is 5.89. The molecule has 1 fully saturated rings. The first-order chi connectivity index (χ1) is 12.0. The number of morpholine rings is 1. The molecule has 2 unspecified atom stereocenters. The Morgan fingerprint density at radius 2 is 1.84 bits per heavy atom. The summed E-state index contributed by atoms with van der Waals surface area (Å²) in [7, 11) is 0. The van der Waals surface area contributed by atoms with Gasteiger partial charge in [-0.3, -0.25) is 9.69 Å². The molecule has 0 bridgehead atoms. The highest BCUT2D eigenvalue weighted by Gasteiger charge is 2.22. The normalized spacial score (nSPS) is 21.2. The molecule has 1 aromatic carbocycles. The molecule has 1 amide bonds. The van der Waals surface area contributed by atoms with Gasteiger partial charge in [0.25, 0.3) is 5.91 Å². The van der Waals surface area contributed by atoms with Gasteiger partial charge in [-0.15, -0.1) is 11.3 Å². The Balaban J connectivity index is 1.63. The van der Waals surface area contributed by atoms with Crippen LogP contribution in [0.1, 0.15) is 39.5 Å². The van der Waals surface area contributed by atoms with Crippen LogP contribution in [-0.2, 0) is 17.8 Å². The monoisotopic (exact) mass is 358 g/mol. The summed E-state index contributed by atoms with van der Waals surface area (Å²) >= 11 is 1.53. The third-order valence-corrected chi connectivity index (χ3v) is 5.41. The third-order valence-electron chi connectivity index (χ3n) is 4.41. The van der Waals surface area contributed by atoms with Crippen LogP contribution in [0.4, 0.5) is 0 Å². The zero-order valence-corrected chi connectivity index (χ0v) is 15.9. The van der Waals surface area contributed by atoms with Crippen molar-refractivity contribution in [3.63, 3.8) is 0 Å². The summed E-state index contributed by atoms with van der Waals surface area (Å²) < 4.78 is 5.82. The highest BCUT2D eigenvalue weighted by Crippen LogP contribution is 2.18. The number of nitrogens with zero attached hydrogens (tertiary/aromatic N) is 1. The Morgan fingerprint density at radius 3 is 2.48 bits per heavy atom. The highest BCUT2D eigenvalue weighted by atomic mass is 32.1. The van der Waals surface area contributed by atoms with Gasteiger partial charge >= 0.3 is 0 Å². The molecule has 134 valence electrons. The lowest BCUT2D eigenvalue weighted by atomic mass is 10.1. The van der Waals surface area contributed by atoms with E-state index >= 15 is 0 Å². The number of nitrogens with one attached hydrogen (secondary N) is 1. The minimum Gasteiger partial charge on any atom is -0.373 e. The molecule has 0 spiro atoms. The van der Waals surface area contributed by atoms with E-state index in [1.54, 1.807) is 0 Å². The van der Waals surface area contributed by atoms with Gasteiger partial charge in [0.1, 0.15) is 0 Å². The average molecular weight is 359 g/mol. The maximum atomic E-state index is 12.3. The molecule has 1 aromatic heterocycles. The van der Waals surface area contributed by atoms with Gasteiger partial charge in [0.05, 0.1) is 17.1 Å². The summed E-state index contributed by atoms with van der Waals surface area (Å²) in [6.07, 6.45) is 0.523. The van der Waals surface area contributed by atoms with E-state index in [-0.39, 0.29) is 18.1 Å². The van der Waals surface area contributed by atoms with Gasteiger partial charge in [0, 0.05) is 31.1 Å². The Labute approximate surface area is 153 Å². The van der Waals surface area contributed by atoms with Crippen LogP contribution < -0.4 is 5.32 Å². The lowest BCUT2D eigenvalue weighted by Gasteiger charge is -2.35. The largest absolute Gasteiger partial charge is 0.373 e. The van der Waals surface area contributed by atoms with Crippen LogP contribution in [0.15, 0.2) is 36.4 Å². The van der Waals surface area contributed by atoms with E-state index in [0.717, 1.165) is 29.4 Å². The molecule has 3 rings (SSSR count). The predicted molar refractivity (Wildman–Crippen MR) is 102 cm³/mol. The van der Waals surface area contributed by atoms with Crippen molar-refractivity contribution >= 4 is 17.2 Å². The van der Waals surface area contributed by atoms with Crippen molar-refractivity contribution in [2.75, 3.05) is 13.1 Å². The fourth-order valence-electron chi connectivity index (χ4n) is 3.36. The number of hydrogen-bond donors (Lipinski definition) is 1. The van der Waals surface area contributed by atoms with Crippen LogP contribution in [0.25, 0.3) is 0 Å². The van der Waals surface area contributed by atoms with Crippen molar-refractivity contribution < 1.29 is 9.53 Å². The molecule has 1 aliphatic rings. The van der Waals surface area contributed by atoms with E-state index in [2.05, 4.69) is 42.3 Å². The van der Waals surface area contributed by atoms with Crippen LogP contribution in [-0.4, -0.2) is 36.1 Å². The van der Waals surface area contributed by atoms with Gasteiger partial charge in [-0.25, -0.2) is 0 Å². The summed E-state index contributed by atoms with van der Waals surface area (Å²) in [6, 6.07) is 12.2. The number of rotatable bonds is 5. The van der Waals surface area contributed by atoms with Crippen molar-refractivity contribution in [1.29, 1.82) is 0 Å². The first-order valence-corrected chi connectivity index (χ1v) is 9.62. The number of aryl methyl sites for hydroxylation is 1. The molecule has 25 heavy (non-hydrogen) atoms. The summed E-state index contributed by atoms with van der Waals surface area (Å²) in [5, 5.41) is 3.05. The standard InChI is InChI=1S/C20H26N2O2S/c1-14-11-22(12-15(2)24-14)13-18-7-5-4-6-17(18)10-21-20(23)19-9-8-16(3)25-19/h4-9,14-15H,10-13H2,1-3H3,(H,21,23). The van der Waals surface area contributed by atoms with Gasteiger partial charge in [0.15, 0.2) is 0 Å². The predicted octanol–water partition coefficient (Wildman–Crippen LogP) is 3.60. The lowest BCUT2D eigenvalue weighted by Crippen LogP contribution is -2.45. The second-order valence-corrected chi connectivity index (χ2v) is 8.10. The number of hydrogen-bond acceptors (Lipinski definition) is 4. The van der Waals surface area contributed by atoms with Crippen molar-refractivity contribution in [3.8, 4) is 0 Å². The zero-order chi connectivity index (χ0) is 17.8.